The summed E-state index contributed by atoms with van der Waals surface area (Å²) in [6, 6.07) is 22.9. The van der Waals surface area contributed by atoms with Gasteiger partial charge in [-0.05, 0) is 54.6 Å². The van der Waals surface area contributed by atoms with Crippen LogP contribution in [0.3, 0.4) is 0 Å². The summed E-state index contributed by atoms with van der Waals surface area (Å²) in [6.45, 7) is 0. The van der Waals surface area contributed by atoms with E-state index in [9.17, 15) is 9.59 Å². The molecule has 4 aromatic rings. The predicted octanol–water partition coefficient (Wildman–Crippen LogP) is 6.41. The number of rotatable bonds is 7. The van der Waals surface area contributed by atoms with Crippen LogP contribution in [0.4, 0.5) is 21.3 Å². The molecule has 3 amide bonds. The van der Waals surface area contributed by atoms with Gasteiger partial charge >= 0.3 is 6.03 Å². The number of carbonyl (C=O) groups is 2. The maximum atomic E-state index is 12.4. The predicted molar refractivity (Wildman–Crippen MR) is 131 cm³/mol. The third-order valence-electron chi connectivity index (χ3n) is 4.31. The van der Waals surface area contributed by atoms with Crippen LogP contribution in [0.1, 0.15) is 5.69 Å². The molecule has 0 aliphatic heterocycles. The van der Waals surface area contributed by atoms with Crippen molar-refractivity contribution in [3.63, 3.8) is 0 Å². The van der Waals surface area contributed by atoms with Crippen LogP contribution in [0.15, 0.2) is 84.2 Å². The first-order valence-corrected chi connectivity index (χ1v) is 11.2. The minimum absolute atomic E-state index is 0.0797. The summed E-state index contributed by atoms with van der Waals surface area (Å²) in [5.74, 6) is 1.20. The molecule has 0 aliphatic rings. The first-order valence-electron chi connectivity index (χ1n) is 9.94. The highest BCUT2D eigenvalue weighted by atomic mass is 35.5. The fraction of sp³-hybridized carbons (Fsp3) is 0.0417. The van der Waals surface area contributed by atoms with Gasteiger partial charge in [-0.25, -0.2) is 9.78 Å². The summed E-state index contributed by atoms with van der Waals surface area (Å²) < 4.78 is 5.74. The van der Waals surface area contributed by atoms with Gasteiger partial charge in [-0.1, -0.05) is 35.9 Å². The summed E-state index contributed by atoms with van der Waals surface area (Å²) in [4.78, 5) is 28.8. The number of aromatic nitrogens is 1. The summed E-state index contributed by atoms with van der Waals surface area (Å²) in [5, 5.41) is 10.8. The molecular formula is C24H19ClN4O3S. The maximum absolute atomic E-state index is 12.4. The van der Waals surface area contributed by atoms with Crippen molar-refractivity contribution in [3.8, 4) is 11.5 Å². The topological polar surface area (TPSA) is 92.4 Å². The minimum Gasteiger partial charge on any atom is -0.457 e. The lowest BCUT2D eigenvalue weighted by Crippen LogP contribution is -2.19. The molecule has 1 heterocycles. The molecule has 0 unspecified atom stereocenters. The summed E-state index contributed by atoms with van der Waals surface area (Å²) >= 11 is 7.15. The molecular weight excluding hydrogens is 460 g/mol. The molecule has 0 atom stereocenters. The van der Waals surface area contributed by atoms with Gasteiger partial charge < -0.3 is 15.4 Å². The molecule has 1 aromatic heterocycles. The molecule has 0 spiro atoms. The van der Waals surface area contributed by atoms with Crippen molar-refractivity contribution >= 4 is 51.4 Å². The smallest absolute Gasteiger partial charge is 0.325 e. The maximum Gasteiger partial charge on any atom is 0.325 e. The van der Waals surface area contributed by atoms with Gasteiger partial charge in [0.15, 0.2) is 5.13 Å². The van der Waals surface area contributed by atoms with Crippen molar-refractivity contribution in [3.05, 3.63) is 95.0 Å². The Morgan fingerprint density at radius 1 is 0.848 bits per heavy atom. The fourth-order valence-corrected chi connectivity index (χ4v) is 3.77. The van der Waals surface area contributed by atoms with Gasteiger partial charge in [-0.2, -0.15) is 0 Å². The van der Waals surface area contributed by atoms with Gasteiger partial charge in [0.2, 0.25) is 5.91 Å². The lowest BCUT2D eigenvalue weighted by molar-refractivity contribution is -0.115. The van der Waals surface area contributed by atoms with Gasteiger partial charge in [-0.3, -0.25) is 10.1 Å². The van der Waals surface area contributed by atoms with E-state index in [2.05, 4.69) is 20.9 Å². The van der Waals surface area contributed by atoms with E-state index in [-0.39, 0.29) is 12.3 Å². The van der Waals surface area contributed by atoms with E-state index in [0.717, 1.165) is 5.75 Å². The van der Waals surface area contributed by atoms with Gasteiger partial charge in [0, 0.05) is 21.8 Å². The zero-order valence-electron chi connectivity index (χ0n) is 17.2. The Hall–Kier alpha value is -3.88. The van der Waals surface area contributed by atoms with Crippen molar-refractivity contribution in [2.75, 3.05) is 16.0 Å². The third-order valence-corrected chi connectivity index (χ3v) is 5.35. The summed E-state index contributed by atoms with van der Waals surface area (Å²) in [5.41, 5.74) is 1.77. The normalized spacial score (nSPS) is 10.3. The zero-order valence-corrected chi connectivity index (χ0v) is 18.8. The van der Waals surface area contributed by atoms with Crippen LogP contribution in [-0.4, -0.2) is 16.9 Å². The molecule has 0 aliphatic carbocycles. The highest BCUT2D eigenvalue weighted by molar-refractivity contribution is 7.14. The molecule has 4 rings (SSSR count). The molecule has 0 fully saturated rings. The number of amides is 3. The first-order chi connectivity index (χ1) is 16.0. The largest absolute Gasteiger partial charge is 0.457 e. The van der Waals surface area contributed by atoms with Gasteiger partial charge in [-0.15, -0.1) is 11.3 Å². The van der Waals surface area contributed by atoms with Crippen molar-refractivity contribution in [2.45, 2.75) is 6.42 Å². The van der Waals surface area contributed by atoms with Crippen molar-refractivity contribution in [2.24, 2.45) is 0 Å². The number of para-hydroxylation sites is 1. The van der Waals surface area contributed by atoms with Crippen LogP contribution >= 0.6 is 22.9 Å². The molecule has 7 nitrogen and oxygen atoms in total. The van der Waals surface area contributed by atoms with Crippen LogP contribution in [0.2, 0.25) is 5.02 Å². The standard InChI is InChI=1S/C24H19ClN4O3S/c25-16-5-4-6-18(13-16)27-23(31)29-24-28-19(15-33-24)14-22(30)26-17-9-11-21(12-10-17)32-20-7-2-1-3-8-20/h1-13,15H,14H2,(H,26,30)(H2,27,28,29,31). The molecule has 33 heavy (non-hydrogen) atoms. The van der Waals surface area contributed by atoms with Crippen LogP contribution in [0, 0.1) is 0 Å². The van der Waals surface area contributed by atoms with Crippen molar-refractivity contribution in [1.29, 1.82) is 0 Å². The average molecular weight is 479 g/mol. The van der Waals surface area contributed by atoms with Gasteiger partial charge in [0.1, 0.15) is 11.5 Å². The number of halogens is 1. The Morgan fingerprint density at radius 2 is 1.61 bits per heavy atom. The third kappa shape index (κ3) is 6.80. The van der Waals surface area contributed by atoms with Crippen LogP contribution in [-0.2, 0) is 11.2 Å². The number of anilines is 3. The van der Waals surface area contributed by atoms with Crippen LogP contribution in [0.25, 0.3) is 0 Å². The average Bonchev–Trinajstić information content (AvgIpc) is 3.22. The SMILES string of the molecule is O=C(Cc1csc(NC(=O)Nc2cccc(Cl)c2)n1)Nc1ccc(Oc2ccccc2)cc1. The number of hydrogen-bond donors (Lipinski definition) is 3. The van der Waals surface area contributed by atoms with E-state index in [1.54, 1.807) is 53.9 Å². The number of carbonyl (C=O) groups excluding carboxylic acids is 2. The number of thiazole rings is 1. The number of ether oxygens (including phenoxy) is 1. The number of benzene rings is 3. The lowest BCUT2D eigenvalue weighted by Gasteiger charge is -2.08. The molecule has 3 aromatic carbocycles. The molecule has 0 saturated heterocycles. The van der Waals surface area contributed by atoms with Gasteiger partial charge in [0.05, 0.1) is 12.1 Å². The minimum atomic E-state index is -0.444. The second-order valence-corrected chi connectivity index (χ2v) is 8.19. The van der Waals surface area contributed by atoms with E-state index in [1.165, 1.54) is 11.3 Å². The molecule has 0 saturated carbocycles. The Morgan fingerprint density at radius 3 is 2.36 bits per heavy atom. The van der Waals surface area contributed by atoms with E-state index in [1.807, 2.05) is 30.3 Å². The Balaban J connectivity index is 1.26. The number of nitrogens with zero attached hydrogens (tertiary/aromatic N) is 1. The van der Waals surface area contributed by atoms with E-state index in [0.29, 0.717) is 33.0 Å². The molecule has 3 N–H and O–H groups in total. The van der Waals surface area contributed by atoms with E-state index >= 15 is 0 Å². The molecule has 9 heteroatoms. The second kappa shape index (κ2) is 10.6. The van der Waals surface area contributed by atoms with Crippen LogP contribution < -0.4 is 20.7 Å². The molecule has 166 valence electrons. The second-order valence-electron chi connectivity index (χ2n) is 6.90. The van der Waals surface area contributed by atoms with Crippen molar-refractivity contribution < 1.29 is 14.3 Å². The fourth-order valence-electron chi connectivity index (χ4n) is 2.87. The number of urea groups is 1. The Kier molecular flexibility index (Phi) is 7.19. The number of nitrogens with one attached hydrogen (secondary N) is 3. The summed E-state index contributed by atoms with van der Waals surface area (Å²) in [7, 11) is 0. The zero-order chi connectivity index (χ0) is 23.0. The quantitative estimate of drug-likeness (QED) is 0.286. The lowest BCUT2D eigenvalue weighted by atomic mass is 10.2. The molecule has 0 radical (unpaired) electrons. The van der Waals surface area contributed by atoms with Gasteiger partial charge in [0.25, 0.3) is 0 Å². The van der Waals surface area contributed by atoms with E-state index < -0.39 is 6.03 Å². The Labute approximate surface area is 199 Å². The Bertz CT molecular complexity index is 1250. The van der Waals surface area contributed by atoms with Crippen molar-refractivity contribution in [1.82, 2.24) is 4.98 Å². The van der Waals surface area contributed by atoms with Crippen LogP contribution in [0.5, 0.6) is 11.5 Å². The number of hydrogen-bond acceptors (Lipinski definition) is 5. The summed E-state index contributed by atoms with van der Waals surface area (Å²) in [6.07, 6.45) is 0.0797. The monoisotopic (exact) mass is 478 g/mol. The molecule has 0 bridgehead atoms. The highest BCUT2D eigenvalue weighted by Gasteiger charge is 2.11. The highest BCUT2D eigenvalue weighted by Crippen LogP contribution is 2.23. The van der Waals surface area contributed by atoms with E-state index in [4.69, 9.17) is 16.3 Å². The first kappa shape index (κ1) is 22.3.